The van der Waals surface area contributed by atoms with Gasteiger partial charge in [-0.3, -0.25) is 4.90 Å². The molecular formula is C17H24N2O. The van der Waals surface area contributed by atoms with E-state index in [0.29, 0.717) is 12.5 Å². The second-order valence-electron chi connectivity index (χ2n) is 5.61. The summed E-state index contributed by atoms with van der Waals surface area (Å²) in [5.74, 6) is 6.00. The van der Waals surface area contributed by atoms with Crippen LogP contribution in [0.1, 0.15) is 24.0 Å². The standard InChI is InChI=1S/C17H24N2O/c1-18(2)17-10-11-19(14-17)13-16-8-6-15(7-9-16)5-3-4-12-20/h6-9,17,20H,4,10-14H2,1-2H3. The molecule has 0 spiro atoms. The van der Waals surface area contributed by atoms with Crippen molar-refractivity contribution < 1.29 is 5.11 Å². The molecule has 0 aliphatic carbocycles. The molecule has 1 atom stereocenters. The van der Waals surface area contributed by atoms with Crippen LogP contribution in [-0.4, -0.2) is 54.7 Å². The van der Waals surface area contributed by atoms with Crippen LogP contribution >= 0.6 is 0 Å². The van der Waals surface area contributed by atoms with E-state index in [-0.39, 0.29) is 6.61 Å². The summed E-state index contributed by atoms with van der Waals surface area (Å²) in [5, 5.41) is 8.70. The Balaban J connectivity index is 1.87. The Bertz CT molecular complexity index is 470. The Morgan fingerprint density at radius 1 is 1.30 bits per heavy atom. The summed E-state index contributed by atoms with van der Waals surface area (Å²) in [6.07, 6.45) is 1.80. The van der Waals surface area contributed by atoms with Gasteiger partial charge in [-0.2, -0.15) is 0 Å². The Labute approximate surface area is 122 Å². The van der Waals surface area contributed by atoms with E-state index in [1.807, 2.05) is 0 Å². The predicted octanol–water partition coefficient (Wildman–Crippen LogP) is 1.56. The van der Waals surface area contributed by atoms with E-state index in [1.165, 1.54) is 18.5 Å². The van der Waals surface area contributed by atoms with Gasteiger partial charge in [0.15, 0.2) is 0 Å². The van der Waals surface area contributed by atoms with Crippen LogP contribution in [0.25, 0.3) is 0 Å². The lowest BCUT2D eigenvalue weighted by molar-refractivity contribution is 0.264. The number of likely N-dealkylation sites (tertiary alicyclic amines) is 1. The average Bonchev–Trinajstić information content (AvgIpc) is 2.90. The highest BCUT2D eigenvalue weighted by molar-refractivity contribution is 5.36. The maximum atomic E-state index is 8.70. The molecule has 20 heavy (non-hydrogen) atoms. The minimum Gasteiger partial charge on any atom is -0.395 e. The minimum absolute atomic E-state index is 0.132. The average molecular weight is 272 g/mol. The van der Waals surface area contributed by atoms with Crippen molar-refractivity contribution in [1.29, 1.82) is 0 Å². The van der Waals surface area contributed by atoms with E-state index in [4.69, 9.17) is 5.11 Å². The molecule has 1 N–H and O–H groups in total. The molecule has 1 heterocycles. The molecule has 0 radical (unpaired) electrons. The zero-order valence-electron chi connectivity index (χ0n) is 12.5. The van der Waals surface area contributed by atoms with E-state index in [1.54, 1.807) is 0 Å². The Kier molecular flexibility index (Phi) is 5.60. The lowest BCUT2D eigenvalue weighted by Gasteiger charge is -2.20. The van der Waals surface area contributed by atoms with Gasteiger partial charge >= 0.3 is 0 Å². The molecule has 1 aliphatic heterocycles. The van der Waals surface area contributed by atoms with Crippen molar-refractivity contribution in [3.63, 3.8) is 0 Å². The first kappa shape index (κ1) is 15.1. The molecule has 0 bridgehead atoms. The first-order valence-electron chi connectivity index (χ1n) is 7.26. The van der Waals surface area contributed by atoms with Gasteiger partial charge in [-0.15, -0.1) is 0 Å². The van der Waals surface area contributed by atoms with E-state index in [0.717, 1.165) is 18.7 Å². The number of likely N-dealkylation sites (N-methyl/N-ethyl adjacent to an activating group) is 1. The van der Waals surface area contributed by atoms with Gasteiger partial charge in [0, 0.05) is 37.7 Å². The number of hydrogen-bond acceptors (Lipinski definition) is 3. The summed E-state index contributed by atoms with van der Waals surface area (Å²) in [4.78, 5) is 4.83. The molecule has 0 aromatic heterocycles. The van der Waals surface area contributed by atoms with Crippen molar-refractivity contribution in [2.24, 2.45) is 0 Å². The fourth-order valence-electron chi connectivity index (χ4n) is 2.55. The molecule has 1 unspecified atom stereocenters. The van der Waals surface area contributed by atoms with Crippen molar-refractivity contribution in [1.82, 2.24) is 9.80 Å². The van der Waals surface area contributed by atoms with Crippen LogP contribution in [0.3, 0.4) is 0 Å². The zero-order chi connectivity index (χ0) is 14.4. The third-order valence-electron chi connectivity index (χ3n) is 3.81. The lowest BCUT2D eigenvalue weighted by atomic mass is 10.1. The molecule has 2 rings (SSSR count). The topological polar surface area (TPSA) is 26.7 Å². The molecule has 3 nitrogen and oxygen atoms in total. The summed E-state index contributed by atoms with van der Waals surface area (Å²) in [5.41, 5.74) is 2.37. The largest absolute Gasteiger partial charge is 0.395 e. The van der Waals surface area contributed by atoms with Crippen LogP contribution in [0.2, 0.25) is 0 Å². The number of nitrogens with zero attached hydrogens (tertiary/aromatic N) is 2. The van der Waals surface area contributed by atoms with Crippen LogP contribution in [0.5, 0.6) is 0 Å². The highest BCUT2D eigenvalue weighted by Gasteiger charge is 2.23. The molecule has 1 aromatic carbocycles. The molecule has 1 saturated heterocycles. The third-order valence-corrected chi connectivity index (χ3v) is 3.81. The molecule has 1 fully saturated rings. The number of hydrogen-bond donors (Lipinski definition) is 1. The van der Waals surface area contributed by atoms with E-state index >= 15 is 0 Å². The molecule has 108 valence electrons. The van der Waals surface area contributed by atoms with E-state index in [9.17, 15) is 0 Å². The van der Waals surface area contributed by atoms with Gasteiger partial charge in [0.1, 0.15) is 0 Å². The normalized spacial score (nSPS) is 19.1. The maximum absolute atomic E-state index is 8.70. The van der Waals surface area contributed by atoms with Gasteiger partial charge in [0.2, 0.25) is 0 Å². The van der Waals surface area contributed by atoms with Gasteiger partial charge in [0.05, 0.1) is 6.61 Å². The van der Waals surface area contributed by atoms with Crippen molar-refractivity contribution in [2.75, 3.05) is 33.8 Å². The van der Waals surface area contributed by atoms with Gasteiger partial charge in [-0.1, -0.05) is 24.0 Å². The fourth-order valence-corrected chi connectivity index (χ4v) is 2.55. The van der Waals surface area contributed by atoms with Crippen LogP contribution < -0.4 is 0 Å². The van der Waals surface area contributed by atoms with E-state index < -0.39 is 0 Å². The zero-order valence-corrected chi connectivity index (χ0v) is 12.5. The summed E-state index contributed by atoms with van der Waals surface area (Å²) in [6.45, 7) is 3.49. The quantitative estimate of drug-likeness (QED) is 0.843. The summed E-state index contributed by atoms with van der Waals surface area (Å²) in [6, 6.07) is 9.15. The van der Waals surface area contributed by atoms with Crippen molar-refractivity contribution in [3.8, 4) is 11.8 Å². The van der Waals surface area contributed by atoms with E-state index in [2.05, 4.69) is 60.0 Å². The molecular weight excluding hydrogens is 248 g/mol. The second kappa shape index (κ2) is 7.44. The third kappa shape index (κ3) is 4.35. The molecule has 1 aromatic rings. The van der Waals surface area contributed by atoms with Crippen LogP contribution in [0.4, 0.5) is 0 Å². The molecule has 3 heteroatoms. The number of benzene rings is 1. The van der Waals surface area contributed by atoms with Crippen molar-refractivity contribution in [2.45, 2.75) is 25.4 Å². The SMILES string of the molecule is CN(C)C1CCN(Cc2ccc(C#CCCO)cc2)C1. The number of aliphatic hydroxyl groups is 1. The van der Waals surface area contributed by atoms with Gasteiger partial charge in [-0.25, -0.2) is 0 Å². The van der Waals surface area contributed by atoms with Crippen LogP contribution in [0, 0.1) is 11.8 Å². The smallest absolute Gasteiger partial charge is 0.0540 e. The first-order chi connectivity index (χ1) is 9.69. The molecule has 1 aliphatic rings. The van der Waals surface area contributed by atoms with Gasteiger partial charge in [0.25, 0.3) is 0 Å². The minimum atomic E-state index is 0.132. The number of rotatable bonds is 4. The second-order valence-corrected chi connectivity index (χ2v) is 5.61. The van der Waals surface area contributed by atoms with Gasteiger partial charge < -0.3 is 10.0 Å². The first-order valence-corrected chi connectivity index (χ1v) is 7.26. The Morgan fingerprint density at radius 2 is 2.05 bits per heavy atom. The highest BCUT2D eigenvalue weighted by atomic mass is 16.2. The Hall–Kier alpha value is -1.34. The maximum Gasteiger partial charge on any atom is 0.0540 e. The van der Waals surface area contributed by atoms with Gasteiger partial charge in [-0.05, 0) is 38.2 Å². The summed E-state index contributed by atoms with van der Waals surface area (Å²) >= 11 is 0. The van der Waals surface area contributed by atoms with Crippen LogP contribution in [0.15, 0.2) is 24.3 Å². The van der Waals surface area contributed by atoms with Crippen molar-refractivity contribution in [3.05, 3.63) is 35.4 Å². The van der Waals surface area contributed by atoms with Crippen molar-refractivity contribution >= 4 is 0 Å². The fraction of sp³-hybridized carbons (Fsp3) is 0.529. The molecule has 0 saturated carbocycles. The monoisotopic (exact) mass is 272 g/mol. The predicted molar refractivity (Wildman–Crippen MR) is 82.4 cm³/mol. The Morgan fingerprint density at radius 3 is 2.65 bits per heavy atom. The lowest BCUT2D eigenvalue weighted by Crippen LogP contribution is -2.31. The highest BCUT2D eigenvalue weighted by Crippen LogP contribution is 2.16. The van der Waals surface area contributed by atoms with Crippen LogP contribution in [-0.2, 0) is 6.54 Å². The summed E-state index contributed by atoms with van der Waals surface area (Å²) in [7, 11) is 4.32. The molecule has 0 amide bonds. The summed E-state index contributed by atoms with van der Waals surface area (Å²) < 4.78 is 0. The number of aliphatic hydroxyl groups excluding tert-OH is 1.